The molecule has 1 aliphatic rings. The van der Waals surface area contributed by atoms with E-state index >= 15 is 0 Å². The first-order valence-corrected chi connectivity index (χ1v) is 7.84. The summed E-state index contributed by atoms with van der Waals surface area (Å²) in [5.41, 5.74) is 0. The standard InChI is InChI=1S/C10H17N3O6S/c14-8(11-6-9(15)16)5-12-10(17)13-7-1-3-20(18,19)4-2-7/h7H,1-6H2,(H,11,14)(H,15,16)(H2,12,13,17). The average molecular weight is 307 g/mol. The van der Waals surface area contributed by atoms with Crippen LogP contribution in [0.5, 0.6) is 0 Å². The van der Waals surface area contributed by atoms with Gasteiger partial charge >= 0.3 is 12.0 Å². The summed E-state index contributed by atoms with van der Waals surface area (Å²) in [6.45, 7) is -0.854. The van der Waals surface area contributed by atoms with Crippen molar-refractivity contribution in [2.75, 3.05) is 24.6 Å². The van der Waals surface area contributed by atoms with Crippen molar-refractivity contribution in [3.8, 4) is 0 Å². The Kier molecular flexibility index (Phi) is 5.74. The SMILES string of the molecule is O=C(O)CNC(=O)CNC(=O)NC1CCS(=O)(=O)CC1. The molecule has 0 aromatic carbocycles. The maximum atomic E-state index is 11.4. The van der Waals surface area contributed by atoms with Gasteiger partial charge in [0.15, 0.2) is 0 Å². The molecule has 0 aromatic heterocycles. The van der Waals surface area contributed by atoms with Gasteiger partial charge in [0.1, 0.15) is 16.4 Å². The summed E-state index contributed by atoms with van der Waals surface area (Å²) in [5.74, 6) is -1.71. The van der Waals surface area contributed by atoms with Gasteiger partial charge < -0.3 is 21.1 Å². The van der Waals surface area contributed by atoms with Gasteiger partial charge in [-0.25, -0.2) is 13.2 Å². The van der Waals surface area contributed by atoms with Crippen LogP contribution in [0.4, 0.5) is 4.79 Å². The summed E-state index contributed by atoms with van der Waals surface area (Å²) < 4.78 is 22.4. The highest BCUT2D eigenvalue weighted by Gasteiger charge is 2.24. The van der Waals surface area contributed by atoms with Crippen LogP contribution in [-0.2, 0) is 19.4 Å². The summed E-state index contributed by atoms with van der Waals surface area (Å²) in [5, 5.41) is 15.3. The Bertz CT molecular complexity index is 475. The van der Waals surface area contributed by atoms with Gasteiger partial charge in [-0.3, -0.25) is 9.59 Å². The topological polar surface area (TPSA) is 142 Å². The van der Waals surface area contributed by atoms with Gasteiger partial charge in [-0.1, -0.05) is 0 Å². The molecule has 0 aromatic rings. The Hall–Kier alpha value is -1.84. The Morgan fingerprint density at radius 3 is 2.20 bits per heavy atom. The van der Waals surface area contributed by atoms with Crippen LogP contribution in [0.2, 0.25) is 0 Å². The van der Waals surface area contributed by atoms with Gasteiger partial charge in [-0.2, -0.15) is 0 Å². The minimum absolute atomic E-state index is 0.0387. The van der Waals surface area contributed by atoms with E-state index in [4.69, 9.17) is 5.11 Å². The number of nitrogens with one attached hydrogen (secondary N) is 3. The number of sulfone groups is 1. The molecular formula is C10H17N3O6S. The normalized spacial score (nSPS) is 18.0. The van der Waals surface area contributed by atoms with Crippen molar-refractivity contribution in [2.24, 2.45) is 0 Å². The lowest BCUT2D eigenvalue weighted by Crippen LogP contribution is -2.48. The Labute approximate surface area is 116 Å². The molecule has 0 bridgehead atoms. The van der Waals surface area contributed by atoms with Crippen LogP contribution in [0, 0.1) is 0 Å². The molecule has 1 fully saturated rings. The first-order chi connectivity index (χ1) is 9.28. The van der Waals surface area contributed by atoms with E-state index in [1.807, 2.05) is 0 Å². The fraction of sp³-hybridized carbons (Fsp3) is 0.700. The van der Waals surface area contributed by atoms with E-state index in [9.17, 15) is 22.8 Å². The molecule has 9 nitrogen and oxygen atoms in total. The number of carboxylic acid groups (broad SMARTS) is 1. The van der Waals surface area contributed by atoms with E-state index in [1.54, 1.807) is 0 Å². The highest BCUT2D eigenvalue weighted by atomic mass is 32.2. The molecule has 0 atom stereocenters. The third-order valence-corrected chi connectivity index (χ3v) is 4.45. The first-order valence-electron chi connectivity index (χ1n) is 6.02. The number of carbonyl (C=O) groups is 3. The van der Waals surface area contributed by atoms with Crippen molar-refractivity contribution in [1.82, 2.24) is 16.0 Å². The fourth-order valence-electron chi connectivity index (χ4n) is 1.67. The van der Waals surface area contributed by atoms with Gasteiger partial charge in [-0.15, -0.1) is 0 Å². The van der Waals surface area contributed by atoms with E-state index < -0.39 is 34.3 Å². The van der Waals surface area contributed by atoms with Crippen molar-refractivity contribution in [2.45, 2.75) is 18.9 Å². The lowest BCUT2D eigenvalue weighted by atomic mass is 10.2. The molecule has 0 radical (unpaired) electrons. The number of hydrogen-bond donors (Lipinski definition) is 4. The van der Waals surface area contributed by atoms with Crippen LogP contribution in [0.25, 0.3) is 0 Å². The molecule has 4 N–H and O–H groups in total. The minimum atomic E-state index is -2.98. The number of carboxylic acids is 1. The number of aliphatic carboxylic acids is 1. The average Bonchev–Trinajstić information content (AvgIpc) is 2.36. The van der Waals surface area contributed by atoms with Crippen LogP contribution in [0.1, 0.15) is 12.8 Å². The van der Waals surface area contributed by atoms with Crippen LogP contribution in [0.3, 0.4) is 0 Å². The smallest absolute Gasteiger partial charge is 0.322 e. The maximum Gasteiger partial charge on any atom is 0.322 e. The second-order valence-electron chi connectivity index (χ2n) is 4.42. The molecule has 1 heterocycles. The highest BCUT2D eigenvalue weighted by Crippen LogP contribution is 2.11. The van der Waals surface area contributed by atoms with E-state index in [0.29, 0.717) is 12.8 Å². The molecule has 1 aliphatic heterocycles. The van der Waals surface area contributed by atoms with Gasteiger partial charge in [0.05, 0.1) is 18.1 Å². The maximum absolute atomic E-state index is 11.4. The third kappa shape index (κ3) is 6.36. The van der Waals surface area contributed by atoms with Crippen molar-refractivity contribution < 1.29 is 27.9 Å². The second-order valence-corrected chi connectivity index (χ2v) is 6.73. The molecule has 0 aliphatic carbocycles. The van der Waals surface area contributed by atoms with Gasteiger partial charge in [-0.05, 0) is 12.8 Å². The predicted molar refractivity (Wildman–Crippen MR) is 68.9 cm³/mol. The number of hydrogen-bond acceptors (Lipinski definition) is 5. The number of carbonyl (C=O) groups excluding carboxylic acids is 2. The zero-order valence-electron chi connectivity index (χ0n) is 10.7. The summed E-state index contributed by atoms with van der Waals surface area (Å²) in [6, 6.07) is -0.819. The monoisotopic (exact) mass is 307 g/mol. The zero-order valence-corrected chi connectivity index (χ0v) is 11.5. The number of urea groups is 1. The summed E-state index contributed by atoms with van der Waals surface area (Å²) in [6.07, 6.45) is 0.696. The molecule has 20 heavy (non-hydrogen) atoms. The van der Waals surface area contributed by atoms with E-state index in [1.165, 1.54) is 0 Å². The minimum Gasteiger partial charge on any atom is -0.480 e. The molecule has 10 heteroatoms. The van der Waals surface area contributed by atoms with Gasteiger partial charge in [0.25, 0.3) is 0 Å². The van der Waals surface area contributed by atoms with E-state index in [-0.39, 0.29) is 24.1 Å². The third-order valence-electron chi connectivity index (χ3n) is 2.74. The molecule has 114 valence electrons. The molecule has 1 rings (SSSR count). The van der Waals surface area contributed by atoms with Gasteiger partial charge in [0, 0.05) is 6.04 Å². The van der Waals surface area contributed by atoms with Crippen LogP contribution >= 0.6 is 0 Å². The lowest BCUT2D eigenvalue weighted by molar-refractivity contribution is -0.137. The summed E-state index contributed by atoms with van der Waals surface area (Å²) in [4.78, 5) is 32.8. The molecule has 0 unspecified atom stereocenters. The predicted octanol–water partition coefficient (Wildman–Crippen LogP) is -1.94. The quantitative estimate of drug-likeness (QED) is 0.466. The lowest BCUT2D eigenvalue weighted by Gasteiger charge is -2.23. The molecule has 1 saturated heterocycles. The second kappa shape index (κ2) is 7.08. The summed E-state index contributed by atoms with van der Waals surface area (Å²) in [7, 11) is -2.98. The first kappa shape index (κ1) is 16.2. The van der Waals surface area contributed by atoms with E-state index in [0.717, 1.165) is 0 Å². The summed E-state index contributed by atoms with van der Waals surface area (Å²) >= 11 is 0. The van der Waals surface area contributed by atoms with Gasteiger partial charge in [0.2, 0.25) is 5.91 Å². The van der Waals surface area contributed by atoms with Crippen LogP contribution in [0.15, 0.2) is 0 Å². The van der Waals surface area contributed by atoms with Crippen molar-refractivity contribution >= 4 is 27.7 Å². The molecule has 0 spiro atoms. The number of amides is 3. The van der Waals surface area contributed by atoms with E-state index in [2.05, 4.69) is 16.0 Å². The zero-order chi connectivity index (χ0) is 15.2. The highest BCUT2D eigenvalue weighted by molar-refractivity contribution is 7.91. The largest absolute Gasteiger partial charge is 0.480 e. The Balaban J connectivity index is 2.21. The van der Waals surface area contributed by atoms with Crippen molar-refractivity contribution in [1.29, 1.82) is 0 Å². The van der Waals surface area contributed by atoms with Crippen molar-refractivity contribution in [3.05, 3.63) is 0 Å². The van der Waals surface area contributed by atoms with Crippen LogP contribution < -0.4 is 16.0 Å². The molecule has 0 saturated carbocycles. The van der Waals surface area contributed by atoms with Crippen LogP contribution in [-0.4, -0.2) is 62.1 Å². The molecule has 3 amide bonds. The molecular weight excluding hydrogens is 290 g/mol. The number of rotatable bonds is 5. The van der Waals surface area contributed by atoms with Crippen molar-refractivity contribution in [3.63, 3.8) is 0 Å². The Morgan fingerprint density at radius 2 is 1.65 bits per heavy atom. The Morgan fingerprint density at radius 1 is 1.05 bits per heavy atom. The fourth-order valence-corrected chi connectivity index (χ4v) is 3.16.